The lowest BCUT2D eigenvalue weighted by Gasteiger charge is -2.30. The molecule has 0 aliphatic rings. The van der Waals surface area contributed by atoms with Crippen molar-refractivity contribution < 1.29 is 9.16 Å². The van der Waals surface area contributed by atoms with Gasteiger partial charge in [0.15, 0.2) is 9.52 Å². The first-order valence-electron chi connectivity index (χ1n) is 4.46. The molecule has 0 aliphatic heterocycles. The van der Waals surface area contributed by atoms with Crippen LogP contribution in [-0.2, 0) is 9.16 Å². The normalized spacial score (nSPS) is 13.9. The van der Waals surface area contributed by atoms with Crippen LogP contribution in [0, 0.1) is 5.41 Å². The first-order valence-corrected chi connectivity index (χ1v) is 8.94. The van der Waals surface area contributed by atoms with Crippen LogP contribution in [0.25, 0.3) is 0 Å². The molecule has 2 radical (unpaired) electrons. The van der Waals surface area contributed by atoms with Gasteiger partial charge in [0.2, 0.25) is 0 Å². The van der Waals surface area contributed by atoms with Crippen LogP contribution in [0.15, 0.2) is 0 Å². The summed E-state index contributed by atoms with van der Waals surface area (Å²) >= 11 is 0. The Kier molecular flexibility index (Phi) is 5.51. The fourth-order valence-corrected chi connectivity index (χ4v) is 4.73. The van der Waals surface area contributed by atoms with Crippen LogP contribution in [0.2, 0.25) is 19.6 Å². The summed E-state index contributed by atoms with van der Waals surface area (Å²) in [6.07, 6.45) is 0.954. The minimum absolute atomic E-state index is 0.184. The molecule has 5 heteroatoms. The zero-order valence-corrected chi connectivity index (χ0v) is 11.1. The van der Waals surface area contributed by atoms with Gasteiger partial charge in [-0.2, -0.15) is 0 Å². The zero-order chi connectivity index (χ0) is 10.5. The third kappa shape index (κ3) is 4.06. The number of hydrogen-bond donors (Lipinski definition) is 1. The van der Waals surface area contributed by atoms with E-state index >= 15 is 0 Å². The van der Waals surface area contributed by atoms with Gasteiger partial charge in [-0.3, -0.25) is 5.41 Å². The molecule has 0 aromatic heterocycles. The summed E-state index contributed by atoms with van der Waals surface area (Å²) in [7, 11) is 0.297. The van der Waals surface area contributed by atoms with Crippen LogP contribution < -0.4 is 0 Å². The van der Waals surface area contributed by atoms with E-state index in [2.05, 4.69) is 20.0 Å². The highest BCUT2D eigenvalue weighted by Gasteiger charge is 2.35. The minimum Gasteiger partial charge on any atom is -0.536 e. The number of ether oxygens (including phenoxy) is 1. The number of methoxy groups -OCH3 is 1. The minimum atomic E-state index is -1.86. The monoisotopic (exact) mass is 217 g/mol. The predicted molar refractivity (Wildman–Crippen MR) is 59.0 cm³/mol. The fraction of sp³-hybridized carbons (Fsp3) is 0.875. The fourth-order valence-electron chi connectivity index (χ4n) is 1.32. The molecule has 76 valence electrons. The molecule has 0 amide bonds. The van der Waals surface area contributed by atoms with Crippen LogP contribution in [0.4, 0.5) is 0 Å². The molecular weight excluding hydrogens is 198 g/mol. The van der Waals surface area contributed by atoms with Crippen LogP contribution in [-0.4, -0.2) is 36.2 Å². The van der Waals surface area contributed by atoms with Crippen molar-refractivity contribution in [1.29, 1.82) is 5.41 Å². The number of rotatable bonds is 5. The van der Waals surface area contributed by atoms with E-state index in [1.165, 1.54) is 0 Å². The highest BCUT2D eigenvalue weighted by atomic mass is 28.4. The summed E-state index contributed by atoms with van der Waals surface area (Å²) in [4.78, 5) is 0. The van der Waals surface area contributed by atoms with E-state index in [-0.39, 0.29) is 5.73 Å². The smallest absolute Gasteiger partial charge is 0.274 e. The Hall–Kier alpha value is -0.136. The molecule has 0 heterocycles. The Morgan fingerprint density at radius 3 is 2.38 bits per heavy atom. The maximum absolute atomic E-state index is 7.51. The van der Waals surface area contributed by atoms with Gasteiger partial charge in [-0.05, 0) is 19.5 Å². The zero-order valence-electron chi connectivity index (χ0n) is 9.10. The van der Waals surface area contributed by atoms with Crippen molar-refractivity contribution in [3.63, 3.8) is 0 Å². The summed E-state index contributed by atoms with van der Waals surface area (Å²) in [5.74, 6) is 0. The average Bonchev–Trinajstić information content (AvgIpc) is 2.05. The lowest BCUT2D eigenvalue weighted by Crippen LogP contribution is -2.47. The van der Waals surface area contributed by atoms with E-state index < -0.39 is 8.32 Å². The van der Waals surface area contributed by atoms with Gasteiger partial charge in [0.05, 0.1) is 5.73 Å². The quantitative estimate of drug-likeness (QED) is 0.434. The van der Waals surface area contributed by atoms with Crippen LogP contribution >= 0.6 is 0 Å². The molecule has 0 fully saturated rings. The SMILES string of the molecule is CCC(OC)[Si](C)(C)OC(=N)[Si]C. The van der Waals surface area contributed by atoms with Crippen LogP contribution in [0.5, 0.6) is 0 Å². The molecule has 0 bridgehead atoms. The van der Waals surface area contributed by atoms with Crippen LogP contribution in [0.1, 0.15) is 13.3 Å². The molecule has 0 saturated carbocycles. The Morgan fingerprint density at radius 2 is 2.08 bits per heavy atom. The summed E-state index contributed by atoms with van der Waals surface area (Å²) in [5, 5.41) is 7.51. The second-order valence-corrected chi connectivity index (χ2v) is 8.43. The molecule has 0 saturated heterocycles. The van der Waals surface area contributed by atoms with Crippen molar-refractivity contribution in [2.24, 2.45) is 0 Å². The van der Waals surface area contributed by atoms with Crippen molar-refractivity contribution >= 4 is 23.4 Å². The topological polar surface area (TPSA) is 42.3 Å². The van der Waals surface area contributed by atoms with Gasteiger partial charge in [-0.15, -0.1) is 0 Å². The van der Waals surface area contributed by atoms with Crippen molar-refractivity contribution in [1.82, 2.24) is 0 Å². The molecule has 13 heavy (non-hydrogen) atoms. The number of nitrogens with one attached hydrogen (secondary N) is 1. The Morgan fingerprint density at radius 1 is 1.54 bits per heavy atom. The molecule has 1 N–H and O–H groups in total. The molecule has 1 unspecified atom stereocenters. The molecule has 3 nitrogen and oxygen atoms in total. The molecule has 0 spiro atoms. The Bertz CT molecular complexity index is 170. The van der Waals surface area contributed by atoms with Gasteiger partial charge in [0, 0.05) is 7.11 Å². The highest BCUT2D eigenvalue weighted by Crippen LogP contribution is 2.16. The third-order valence-corrected chi connectivity index (χ3v) is 5.71. The molecule has 1 atom stereocenters. The molecule has 0 aromatic carbocycles. The van der Waals surface area contributed by atoms with Gasteiger partial charge in [0.25, 0.3) is 8.32 Å². The van der Waals surface area contributed by atoms with E-state index in [1.54, 1.807) is 7.11 Å². The second kappa shape index (κ2) is 5.56. The van der Waals surface area contributed by atoms with Crippen molar-refractivity contribution in [2.75, 3.05) is 7.11 Å². The van der Waals surface area contributed by atoms with E-state index in [1.807, 2.05) is 6.55 Å². The van der Waals surface area contributed by atoms with E-state index in [0.717, 1.165) is 6.42 Å². The first kappa shape index (κ1) is 12.9. The number of hydrogen-bond acceptors (Lipinski definition) is 3. The van der Waals surface area contributed by atoms with Crippen molar-refractivity contribution in [3.8, 4) is 0 Å². The van der Waals surface area contributed by atoms with Gasteiger partial charge in [0.1, 0.15) is 5.52 Å². The maximum atomic E-state index is 7.51. The maximum Gasteiger partial charge on any atom is 0.274 e. The molecule has 0 aliphatic carbocycles. The lowest BCUT2D eigenvalue weighted by atomic mass is 10.5. The highest BCUT2D eigenvalue weighted by molar-refractivity contribution is 6.81. The van der Waals surface area contributed by atoms with Crippen LogP contribution in [0.3, 0.4) is 0 Å². The average molecular weight is 217 g/mol. The molecule has 0 aromatic rings. The predicted octanol–water partition coefficient (Wildman–Crippen LogP) is 1.86. The molecular formula is C8H19NO2Si2. The first-order chi connectivity index (χ1) is 5.97. The largest absolute Gasteiger partial charge is 0.536 e. The second-order valence-electron chi connectivity index (χ2n) is 3.42. The van der Waals surface area contributed by atoms with Gasteiger partial charge in [-0.1, -0.05) is 13.5 Å². The summed E-state index contributed by atoms with van der Waals surface area (Å²) in [5.41, 5.74) is 0.594. The van der Waals surface area contributed by atoms with E-state index in [4.69, 9.17) is 14.6 Å². The van der Waals surface area contributed by atoms with Gasteiger partial charge >= 0.3 is 0 Å². The van der Waals surface area contributed by atoms with E-state index in [0.29, 0.717) is 15.0 Å². The van der Waals surface area contributed by atoms with Gasteiger partial charge in [-0.25, -0.2) is 0 Å². The summed E-state index contributed by atoms with van der Waals surface area (Å²) < 4.78 is 11.0. The Balaban J connectivity index is 4.26. The Labute approximate surface area is 84.3 Å². The van der Waals surface area contributed by atoms with Gasteiger partial charge < -0.3 is 9.16 Å². The van der Waals surface area contributed by atoms with Crippen molar-refractivity contribution in [3.05, 3.63) is 0 Å². The third-order valence-electron chi connectivity index (χ3n) is 2.02. The molecule has 0 rings (SSSR count). The van der Waals surface area contributed by atoms with E-state index in [9.17, 15) is 0 Å². The summed E-state index contributed by atoms with van der Waals surface area (Å²) in [6.45, 7) is 8.24. The standard InChI is InChI=1S/C8H19NO2Si2/c1-6-7(10-2)13(4,5)11-8(9)12-3/h7,9H,6H2,1-5H3. The summed E-state index contributed by atoms with van der Waals surface area (Å²) in [6, 6.07) is 0. The lowest BCUT2D eigenvalue weighted by molar-refractivity contribution is 0.142. The van der Waals surface area contributed by atoms with Crippen molar-refractivity contribution in [2.45, 2.75) is 38.7 Å².